The van der Waals surface area contributed by atoms with Crippen molar-refractivity contribution in [2.45, 2.75) is 95.8 Å². The third kappa shape index (κ3) is 8.81. The predicted molar refractivity (Wildman–Crippen MR) is 148 cm³/mol. The number of nitrogens with zero attached hydrogens (tertiary/aromatic N) is 1. The monoisotopic (exact) mass is 607 g/mol. The van der Waals surface area contributed by atoms with Crippen LogP contribution in [0.15, 0.2) is 17.0 Å². The van der Waals surface area contributed by atoms with Gasteiger partial charge in [-0.05, 0) is 59.1 Å². The maximum atomic E-state index is 13.6. The van der Waals surface area contributed by atoms with Gasteiger partial charge in [0.2, 0.25) is 10.0 Å². The quantitative estimate of drug-likeness (QED) is 0.316. The lowest BCUT2D eigenvalue weighted by Gasteiger charge is -2.22. The maximum Gasteiger partial charge on any atom is 0.387 e. The van der Waals surface area contributed by atoms with Crippen molar-refractivity contribution in [1.82, 2.24) is 15.0 Å². The fourth-order valence-electron chi connectivity index (χ4n) is 4.42. The number of thiazole rings is 1. The van der Waals surface area contributed by atoms with Gasteiger partial charge in [-0.25, -0.2) is 18.1 Å². The number of nitrogens with one attached hydrogen (secondary N) is 2. The zero-order chi connectivity index (χ0) is 29.2. The van der Waals surface area contributed by atoms with Gasteiger partial charge >= 0.3 is 6.61 Å². The number of ether oxygens (including phenoxy) is 1. The largest absolute Gasteiger partial charge is 0.432 e. The third-order valence-corrected chi connectivity index (χ3v) is 9.44. The van der Waals surface area contributed by atoms with E-state index < -0.39 is 49.3 Å². The number of alkyl halides is 2. The summed E-state index contributed by atoms with van der Waals surface area (Å²) in [7, 11) is -4.18. The first-order chi connectivity index (χ1) is 18.0. The van der Waals surface area contributed by atoms with Crippen molar-refractivity contribution in [3.63, 3.8) is 0 Å². The zero-order valence-electron chi connectivity index (χ0n) is 22.7. The molecule has 1 aromatic heterocycles. The second-order valence-electron chi connectivity index (χ2n) is 11.5. The average Bonchev–Trinajstić information content (AvgIpc) is 3.20. The number of halogens is 3. The third-order valence-electron chi connectivity index (χ3n) is 6.02. The summed E-state index contributed by atoms with van der Waals surface area (Å²) in [5, 5.41) is 12.2. The van der Waals surface area contributed by atoms with Crippen molar-refractivity contribution in [2.24, 2.45) is 5.92 Å². The summed E-state index contributed by atoms with van der Waals surface area (Å²) < 4.78 is 60.4. The van der Waals surface area contributed by atoms with E-state index in [1.807, 2.05) is 0 Å². The van der Waals surface area contributed by atoms with Crippen LogP contribution in [0.1, 0.15) is 82.2 Å². The van der Waals surface area contributed by atoms with E-state index in [9.17, 15) is 27.1 Å². The number of carbonyl (C=O) groups excluding carboxylic acids is 1. The molecule has 1 aliphatic rings. The smallest absolute Gasteiger partial charge is 0.387 e. The number of aliphatic hydroxyl groups is 1. The van der Waals surface area contributed by atoms with Crippen LogP contribution in [-0.4, -0.2) is 48.7 Å². The SMILES string of the molecule is CC(C)(O)CNC(=O)c1nc(CC2CCCCC2)c(-c2ccc(S(=O)(=O)NC(C)(C)C)c(Cl)c2OC(F)F)s1. The summed E-state index contributed by atoms with van der Waals surface area (Å²) in [5.41, 5.74) is -1.34. The highest BCUT2D eigenvalue weighted by Crippen LogP contribution is 2.45. The number of sulfonamides is 1. The Morgan fingerprint density at radius 1 is 1.21 bits per heavy atom. The molecular formula is C26H36ClF2N3O5S2. The van der Waals surface area contributed by atoms with Gasteiger partial charge in [0.1, 0.15) is 9.92 Å². The number of rotatable bonds is 10. The summed E-state index contributed by atoms with van der Waals surface area (Å²) in [6.07, 6.45) is 5.76. The number of hydrogen-bond acceptors (Lipinski definition) is 7. The fourth-order valence-corrected chi connectivity index (χ4v) is 7.46. The predicted octanol–water partition coefficient (Wildman–Crippen LogP) is 5.77. The highest BCUT2D eigenvalue weighted by molar-refractivity contribution is 7.89. The van der Waals surface area contributed by atoms with Gasteiger partial charge in [0.15, 0.2) is 10.8 Å². The molecular weight excluding hydrogens is 572 g/mol. The van der Waals surface area contributed by atoms with Crippen molar-refractivity contribution < 1.29 is 31.8 Å². The minimum absolute atomic E-state index is 0.0163. The molecule has 1 aliphatic carbocycles. The van der Waals surface area contributed by atoms with E-state index in [4.69, 9.17) is 16.3 Å². The van der Waals surface area contributed by atoms with Crippen LogP contribution in [0, 0.1) is 5.92 Å². The Balaban J connectivity index is 2.13. The average molecular weight is 608 g/mol. The molecule has 3 N–H and O–H groups in total. The summed E-state index contributed by atoms with van der Waals surface area (Å²) in [4.78, 5) is 17.4. The van der Waals surface area contributed by atoms with Gasteiger partial charge in [-0.3, -0.25) is 4.79 Å². The van der Waals surface area contributed by atoms with Crippen molar-refractivity contribution in [3.05, 3.63) is 27.9 Å². The molecule has 2 aromatic rings. The van der Waals surface area contributed by atoms with Gasteiger partial charge in [0.25, 0.3) is 5.91 Å². The fraction of sp³-hybridized carbons (Fsp3) is 0.615. The van der Waals surface area contributed by atoms with Crippen molar-refractivity contribution in [1.29, 1.82) is 0 Å². The lowest BCUT2D eigenvalue weighted by Crippen LogP contribution is -2.40. The minimum Gasteiger partial charge on any atom is -0.432 e. The molecule has 3 rings (SSSR count). The molecule has 0 radical (unpaired) electrons. The van der Waals surface area contributed by atoms with E-state index in [0.717, 1.165) is 43.4 Å². The van der Waals surface area contributed by atoms with Crippen LogP contribution in [-0.2, 0) is 16.4 Å². The summed E-state index contributed by atoms with van der Waals surface area (Å²) in [6.45, 7) is 4.73. The van der Waals surface area contributed by atoms with E-state index in [-0.39, 0.29) is 17.1 Å². The topological polar surface area (TPSA) is 118 Å². The number of carbonyl (C=O) groups is 1. The molecule has 1 heterocycles. The second-order valence-corrected chi connectivity index (χ2v) is 14.5. The molecule has 1 saturated carbocycles. The molecule has 0 aliphatic heterocycles. The minimum atomic E-state index is -4.18. The molecule has 8 nitrogen and oxygen atoms in total. The van der Waals surface area contributed by atoms with Crippen LogP contribution in [0.4, 0.5) is 8.78 Å². The normalized spacial score (nSPS) is 15.5. The van der Waals surface area contributed by atoms with Crippen molar-refractivity contribution in [2.75, 3.05) is 6.54 Å². The second kappa shape index (κ2) is 12.3. The van der Waals surface area contributed by atoms with Gasteiger partial charge in [-0.15, -0.1) is 11.3 Å². The van der Waals surface area contributed by atoms with E-state index in [0.29, 0.717) is 22.9 Å². The Kier molecular flexibility index (Phi) is 10.0. The summed E-state index contributed by atoms with van der Waals surface area (Å²) in [6, 6.07) is 2.60. The first-order valence-corrected chi connectivity index (χ1v) is 15.5. The molecule has 13 heteroatoms. The van der Waals surface area contributed by atoms with Crippen molar-refractivity contribution in [3.8, 4) is 16.2 Å². The van der Waals surface area contributed by atoms with Crippen LogP contribution < -0.4 is 14.8 Å². The first kappa shape index (κ1) is 31.7. The van der Waals surface area contributed by atoms with Crippen LogP contribution in [0.3, 0.4) is 0 Å². The maximum absolute atomic E-state index is 13.6. The highest BCUT2D eigenvalue weighted by Gasteiger charge is 2.31. The zero-order valence-corrected chi connectivity index (χ0v) is 25.1. The van der Waals surface area contributed by atoms with Gasteiger partial charge in [0.05, 0.1) is 16.2 Å². The number of amides is 1. The van der Waals surface area contributed by atoms with Crippen LogP contribution >= 0.6 is 22.9 Å². The molecule has 0 unspecified atom stereocenters. The van der Waals surface area contributed by atoms with Crippen molar-refractivity contribution >= 4 is 38.9 Å². The summed E-state index contributed by atoms with van der Waals surface area (Å²) in [5.74, 6) is -0.716. The Bertz CT molecular complexity index is 1280. The first-order valence-electron chi connectivity index (χ1n) is 12.8. The standard InChI is InChI=1S/C26H36ClF2N3O5S2/c1-25(2,3)32-39(35,36)18-12-11-16(20(19(18)27)37-24(28)29)21-17(13-15-9-7-6-8-10-15)31-23(38-21)22(33)30-14-26(4,5)34/h11-12,15,24,32,34H,6-10,13-14H2,1-5H3,(H,30,33). The van der Waals surface area contributed by atoms with E-state index in [1.165, 1.54) is 12.1 Å². The molecule has 1 aromatic carbocycles. The van der Waals surface area contributed by atoms with Gasteiger partial charge < -0.3 is 15.2 Å². The van der Waals surface area contributed by atoms with Crippen LogP contribution in [0.2, 0.25) is 5.02 Å². The molecule has 0 spiro atoms. The van der Waals surface area contributed by atoms with Gasteiger partial charge in [-0.2, -0.15) is 8.78 Å². The number of benzene rings is 1. The Morgan fingerprint density at radius 3 is 2.41 bits per heavy atom. The van der Waals surface area contributed by atoms with Crippen LogP contribution in [0.25, 0.3) is 10.4 Å². The van der Waals surface area contributed by atoms with E-state index in [1.54, 1.807) is 34.6 Å². The van der Waals surface area contributed by atoms with Gasteiger partial charge in [-0.1, -0.05) is 43.7 Å². The van der Waals surface area contributed by atoms with Gasteiger partial charge in [0, 0.05) is 17.6 Å². The molecule has 1 amide bonds. The van der Waals surface area contributed by atoms with E-state index in [2.05, 4.69) is 15.0 Å². The molecule has 1 fully saturated rings. The molecule has 39 heavy (non-hydrogen) atoms. The lowest BCUT2D eigenvalue weighted by molar-refractivity contribution is -0.0495. The molecule has 0 atom stereocenters. The lowest BCUT2D eigenvalue weighted by atomic mass is 9.85. The Hall–Kier alpha value is -1.86. The summed E-state index contributed by atoms with van der Waals surface area (Å²) >= 11 is 7.41. The number of aromatic nitrogens is 1. The highest BCUT2D eigenvalue weighted by atomic mass is 35.5. The molecule has 218 valence electrons. The number of hydrogen-bond donors (Lipinski definition) is 3. The van der Waals surface area contributed by atoms with E-state index >= 15 is 0 Å². The molecule has 0 saturated heterocycles. The van der Waals surface area contributed by atoms with Crippen LogP contribution in [0.5, 0.6) is 5.75 Å². The Morgan fingerprint density at radius 2 is 1.85 bits per heavy atom. The molecule has 0 bridgehead atoms. The Labute approximate surface area is 237 Å².